The summed E-state index contributed by atoms with van der Waals surface area (Å²) in [4.78, 5) is 12.4. The van der Waals surface area contributed by atoms with Gasteiger partial charge in [-0.1, -0.05) is 42.1 Å². The van der Waals surface area contributed by atoms with Crippen LogP contribution in [0.4, 0.5) is 14.5 Å². The van der Waals surface area contributed by atoms with Gasteiger partial charge in [-0.05, 0) is 36.2 Å². The lowest BCUT2D eigenvalue weighted by atomic mass is 10.1. The third-order valence-corrected chi connectivity index (χ3v) is 6.16. The molecule has 9 heteroatoms. The first-order valence-electron chi connectivity index (χ1n) is 10.4. The molecule has 6 nitrogen and oxygen atoms in total. The number of aryl methyl sites for hydroxylation is 2. The van der Waals surface area contributed by atoms with Crippen molar-refractivity contribution in [2.45, 2.75) is 24.5 Å². The summed E-state index contributed by atoms with van der Waals surface area (Å²) in [5.41, 5.74) is 2.23. The van der Waals surface area contributed by atoms with Crippen LogP contribution in [-0.2, 0) is 31.2 Å². The van der Waals surface area contributed by atoms with E-state index in [9.17, 15) is 13.6 Å². The highest BCUT2D eigenvalue weighted by molar-refractivity contribution is 7.99. The molecule has 2 aromatic carbocycles. The predicted molar refractivity (Wildman–Crippen MR) is 124 cm³/mol. The summed E-state index contributed by atoms with van der Waals surface area (Å²) in [6, 6.07) is 17.2. The van der Waals surface area contributed by atoms with E-state index in [2.05, 4.69) is 27.6 Å². The van der Waals surface area contributed by atoms with Crippen molar-refractivity contribution in [1.82, 2.24) is 19.3 Å². The minimum absolute atomic E-state index is 0.0183. The monoisotopic (exact) mass is 467 g/mol. The minimum Gasteiger partial charge on any atom is -0.354 e. The van der Waals surface area contributed by atoms with Gasteiger partial charge in [0.1, 0.15) is 17.5 Å². The number of hydrogen-bond acceptors (Lipinski definition) is 4. The van der Waals surface area contributed by atoms with Gasteiger partial charge in [0.05, 0.1) is 11.4 Å². The fourth-order valence-electron chi connectivity index (χ4n) is 3.42. The zero-order valence-corrected chi connectivity index (χ0v) is 18.9. The van der Waals surface area contributed by atoms with Crippen molar-refractivity contribution in [2.75, 3.05) is 11.1 Å². The Labute approximate surface area is 194 Å². The molecule has 0 unspecified atom stereocenters. The second kappa shape index (κ2) is 10.4. The molecule has 0 fully saturated rings. The Bertz CT molecular complexity index is 1240. The quantitative estimate of drug-likeness (QED) is 0.369. The zero-order valence-electron chi connectivity index (χ0n) is 18.0. The number of nitrogens with one attached hydrogen (secondary N) is 1. The van der Waals surface area contributed by atoms with E-state index in [1.54, 1.807) is 0 Å². The number of aromatic nitrogens is 4. The molecule has 1 amide bonds. The fourth-order valence-corrected chi connectivity index (χ4v) is 4.20. The van der Waals surface area contributed by atoms with E-state index >= 15 is 0 Å². The van der Waals surface area contributed by atoms with E-state index in [0.717, 1.165) is 30.1 Å². The summed E-state index contributed by atoms with van der Waals surface area (Å²) in [6.45, 7) is 0.660. The first kappa shape index (κ1) is 22.7. The Morgan fingerprint density at radius 2 is 1.88 bits per heavy atom. The Kier molecular flexibility index (Phi) is 7.19. The first-order valence-corrected chi connectivity index (χ1v) is 11.4. The van der Waals surface area contributed by atoms with Crippen molar-refractivity contribution < 1.29 is 13.6 Å². The van der Waals surface area contributed by atoms with Gasteiger partial charge in [0.15, 0.2) is 5.16 Å². The molecule has 4 rings (SSSR count). The lowest BCUT2D eigenvalue weighted by Gasteiger charge is -2.11. The molecule has 33 heavy (non-hydrogen) atoms. The first-order chi connectivity index (χ1) is 16.0. The van der Waals surface area contributed by atoms with Crippen molar-refractivity contribution in [1.29, 1.82) is 0 Å². The van der Waals surface area contributed by atoms with Crippen LogP contribution >= 0.6 is 11.8 Å². The van der Waals surface area contributed by atoms with E-state index in [0.29, 0.717) is 18.1 Å². The van der Waals surface area contributed by atoms with Gasteiger partial charge in [-0.3, -0.25) is 4.79 Å². The Morgan fingerprint density at radius 3 is 2.61 bits per heavy atom. The molecule has 0 bridgehead atoms. The summed E-state index contributed by atoms with van der Waals surface area (Å²) < 4.78 is 31.0. The highest BCUT2D eigenvalue weighted by Crippen LogP contribution is 2.21. The van der Waals surface area contributed by atoms with Gasteiger partial charge in [-0.25, -0.2) is 8.78 Å². The largest absolute Gasteiger partial charge is 0.354 e. The molecule has 0 saturated heterocycles. The molecule has 0 spiro atoms. The highest BCUT2D eigenvalue weighted by atomic mass is 32.2. The normalized spacial score (nSPS) is 11.0. The maximum absolute atomic E-state index is 13.8. The molecule has 0 radical (unpaired) electrons. The number of rotatable bonds is 9. The number of halogens is 2. The molecule has 0 aliphatic heterocycles. The Morgan fingerprint density at radius 1 is 1.06 bits per heavy atom. The predicted octanol–water partition coefficient (Wildman–Crippen LogP) is 4.46. The minimum atomic E-state index is -0.816. The van der Waals surface area contributed by atoms with Gasteiger partial charge in [0.25, 0.3) is 0 Å². The zero-order chi connectivity index (χ0) is 23.2. The van der Waals surface area contributed by atoms with Crippen LogP contribution in [0.2, 0.25) is 0 Å². The van der Waals surface area contributed by atoms with Crippen LogP contribution in [0.15, 0.2) is 72.0 Å². The van der Waals surface area contributed by atoms with Gasteiger partial charge >= 0.3 is 0 Å². The molecule has 4 aromatic rings. The molecule has 0 atom stereocenters. The second-order valence-electron chi connectivity index (χ2n) is 7.53. The number of nitrogens with zero attached hydrogens (tertiary/aromatic N) is 4. The fraction of sp³-hybridized carbons (Fsp3) is 0.208. The number of thioether (sulfide) groups is 1. The van der Waals surface area contributed by atoms with Crippen molar-refractivity contribution in [3.63, 3.8) is 0 Å². The summed E-state index contributed by atoms with van der Waals surface area (Å²) >= 11 is 1.23. The van der Waals surface area contributed by atoms with Crippen LogP contribution in [0.5, 0.6) is 0 Å². The smallest absolute Gasteiger partial charge is 0.234 e. The molecule has 1 N–H and O–H groups in total. The van der Waals surface area contributed by atoms with E-state index < -0.39 is 17.5 Å². The third-order valence-electron chi connectivity index (χ3n) is 5.19. The summed E-state index contributed by atoms with van der Waals surface area (Å²) in [5.74, 6) is -1.10. The van der Waals surface area contributed by atoms with Crippen LogP contribution in [0.25, 0.3) is 0 Å². The van der Waals surface area contributed by atoms with Crippen LogP contribution in [0.1, 0.15) is 17.1 Å². The SMILES string of the molecule is Cn1cccc1Cc1nnc(SCC(=O)Nc2ccc(F)cc2F)n1CCc1ccccc1. The summed E-state index contributed by atoms with van der Waals surface area (Å²) in [6.07, 6.45) is 3.38. The van der Waals surface area contributed by atoms with Crippen LogP contribution in [0.3, 0.4) is 0 Å². The average Bonchev–Trinajstić information content (AvgIpc) is 3.39. The maximum atomic E-state index is 13.8. The van der Waals surface area contributed by atoms with E-state index in [1.807, 2.05) is 52.7 Å². The van der Waals surface area contributed by atoms with Gasteiger partial charge in [0, 0.05) is 38.0 Å². The second-order valence-corrected chi connectivity index (χ2v) is 8.48. The molecular weight excluding hydrogens is 444 g/mol. The summed E-state index contributed by atoms with van der Waals surface area (Å²) in [5, 5.41) is 11.8. The van der Waals surface area contributed by atoms with Crippen molar-refractivity contribution >= 4 is 23.4 Å². The number of carbonyl (C=O) groups is 1. The van der Waals surface area contributed by atoms with E-state index in [-0.39, 0.29) is 11.4 Å². The third kappa shape index (κ3) is 5.87. The molecule has 0 saturated carbocycles. The van der Waals surface area contributed by atoms with Gasteiger partial charge in [0.2, 0.25) is 5.91 Å². The van der Waals surface area contributed by atoms with Crippen molar-refractivity contribution in [3.05, 3.63) is 95.6 Å². The lowest BCUT2D eigenvalue weighted by Crippen LogP contribution is -2.16. The van der Waals surface area contributed by atoms with E-state index in [4.69, 9.17) is 0 Å². The standard InChI is InChI=1S/C24H23F2N5OS/c1-30-12-5-8-19(30)15-22-28-29-24(31(22)13-11-17-6-3-2-4-7-17)33-16-23(32)27-21-10-9-18(25)14-20(21)26/h2-10,12,14H,11,13,15-16H2,1H3,(H,27,32). The molecule has 0 aliphatic rings. The number of carbonyl (C=O) groups excluding carboxylic acids is 1. The molecular formula is C24H23F2N5OS. The number of benzene rings is 2. The number of hydrogen-bond donors (Lipinski definition) is 1. The Hall–Kier alpha value is -3.46. The van der Waals surface area contributed by atoms with Crippen LogP contribution < -0.4 is 5.32 Å². The van der Waals surface area contributed by atoms with Crippen LogP contribution in [0, 0.1) is 11.6 Å². The molecule has 2 aromatic heterocycles. The molecule has 170 valence electrons. The highest BCUT2D eigenvalue weighted by Gasteiger charge is 2.16. The maximum Gasteiger partial charge on any atom is 0.234 e. The average molecular weight is 468 g/mol. The van der Waals surface area contributed by atoms with Gasteiger partial charge < -0.3 is 14.5 Å². The number of anilines is 1. The molecule has 2 heterocycles. The topological polar surface area (TPSA) is 64.7 Å². The van der Waals surface area contributed by atoms with Crippen LogP contribution in [-0.4, -0.2) is 31.0 Å². The van der Waals surface area contributed by atoms with Gasteiger partial charge in [-0.2, -0.15) is 0 Å². The summed E-state index contributed by atoms with van der Waals surface area (Å²) in [7, 11) is 1.98. The van der Waals surface area contributed by atoms with Gasteiger partial charge in [-0.15, -0.1) is 10.2 Å². The lowest BCUT2D eigenvalue weighted by molar-refractivity contribution is -0.113. The molecule has 0 aliphatic carbocycles. The van der Waals surface area contributed by atoms with E-state index in [1.165, 1.54) is 23.4 Å². The Balaban J connectivity index is 1.47. The number of amides is 1. The van der Waals surface area contributed by atoms with Crippen molar-refractivity contribution in [3.8, 4) is 0 Å². The van der Waals surface area contributed by atoms with Crippen molar-refractivity contribution in [2.24, 2.45) is 7.05 Å².